The summed E-state index contributed by atoms with van der Waals surface area (Å²) in [6, 6.07) is 5.40. The van der Waals surface area contributed by atoms with Crippen LogP contribution in [0.5, 0.6) is 5.75 Å². The Morgan fingerprint density at radius 3 is 3.00 bits per heavy atom. The number of allylic oxidation sites excluding steroid dienone is 1. The van der Waals surface area contributed by atoms with Crippen LogP contribution in [0.15, 0.2) is 30.5 Å². The Morgan fingerprint density at radius 1 is 1.45 bits per heavy atom. The lowest BCUT2D eigenvalue weighted by Crippen LogP contribution is -2.53. The first-order chi connectivity index (χ1) is 10.6. The molecular weight excluding hydrogens is 282 g/mol. The number of ketones is 1. The first-order valence-corrected chi connectivity index (χ1v) is 7.02. The van der Waals surface area contributed by atoms with Gasteiger partial charge in [0.25, 0.3) is 0 Å². The molecule has 0 bridgehead atoms. The first-order valence-electron chi connectivity index (χ1n) is 7.02. The zero-order valence-electron chi connectivity index (χ0n) is 11.9. The molecule has 2 heterocycles. The van der Waals surface area contributed by atoms with Crippen molar-refractivity contribution in [2.45, 2.75) is 24.8 Å². The van der Waals surface area contributed by atoms with Crippen LogP contribution in [0.1, 0.15) is 24.0 Å². The summed E-state index contributed by atoms with van der Waals surface area (Å²) in [4.78, 5) is 24.7. The Balaban J connectivity index is 2.10. The molecule has 0 spiro atoms. The van der Waals surface area contributed by atoms with E-state index in [9.17, 15) is 14.7 Å². The largest absolute Gasteiger partial charge is 0.465 e. The van der Waals surface area contributed by atoms with Crippen molar-refractivity contribution in [3.05, 3.63) is 41.7 Å². The Morgan fingerprint density at radius 2 is 2.27 bits per heavy atom. The van der Waals surface area contributed by atoms with E-state index < -0.39 is 11.6 Å². The van der Waals surface area contributed by atoms with Crippen LogP contribution in [0.4, 0.5) is 4.79 Å². The smallest absolute Gasteiger partial charge is 0.408 e. The molecule has 1 aromatic carbocycles. The number of rotatable bonds is 1. The summed E-state index contributed by atoms with van der Waals surface area (Å²) in [6.45, 7) is 0.107. The van der Waals surface area contributed by atoms with Crippen LogP contribution in [0, 0.1) is 12.3 Å². The van der Waals surface area contributed by atoms with Crippen molar-refractivity contribution in [2.24, 2.45) is 0 Å². The van der Waals surface area contributed by atoms with Gasteiger partial charge in [0.1, 0.15) is 17.1 Å². The number of hydrogen-bond acceptors (Lipinski definition) is 3. The van der Waals surface area contributed by atoms with Crippen LogP contribution in [0.25, 0.3) is 0 Å². The van der Waals surface area contributed by atoms with Gasteiger partial charge in [-0.05, 0) is 29.7 Å². The Bertz CT molecular complexity index is 716. The van der Waals surface area contributed by atoms with Gasteiger partial charge >= 0.3 is 6.09 Å². The molecule has 1 unspecified atom stereocenters. The van der Waals surface area contributed by atoms with E-state index in [1.165, 1.54) is 4.90 Å². The molecule has 1 aromatic rings. The second kappa shape index (κ2) is 5.23. The molecule has 5 nitrogen and oxygen atoms in total. The molecule has 1 fully saturated rings. The molecule has 0 aromatic heterocycles. The van der Waals surface area contributed by atoms with Crippen molar-refractivity contribution < 1.29 is 19.4 Å². The summed E-state index contributed by atoms with van der Waals surface area (Å²) in [7, 11) is 0. The van der Waals surface area contributed by atoms with Gasteiger partial charge in [-0.15, -0.1) is 6.42 Å². The lowest BCUT2D eigenvalue weighted by Gasteiger charge is -2.41. The van der Waals surface area contributed by atoms with Gasteiger partial charge in [-0.2, -0.15) is 0 Å². The minimum absolute atomic E-state index is 0.00950. The van der Waals surface area contributed by atoms with Crippen molar-refractivity contribution in [1.82, 2.24) is 4.90 Å². The summed E-state index contributed by atoms with van der Waals surface area (Å²) in [5.74, 6) is 3.17. The molecule has 2 aliphatic rings. The number of carbonyl (C=O) groups excluding carboxylic acids is 1. The molecule has 112 valence electrons. The molecule has 2 aliphatic heterocycles. The highest BCUT2D eigenvalue weighted by molar-refractivity contribution is 5.84. The van der Waals surface area contributed by atoms with Gasteiger partial charge in [0, 0.05) is 19.4 Å². The van der Waals surface area contributed by atoms with E-state index in [2.05, 4.69) is 5.92 Å². The number of carboxylic acid groups (broad SMARTS) is 1. The van der Waals surface area contributed by atoms with Gasteiger partial charge in [-0.1, -0.05) is 18.1 Å². The van der Waals surface area contributed by atoms with Gasteiger partial charge in [0.15, 0.2) is 0 Å². The summed E-state index contributed by atoms with van der Waals surface area (Å²) in [5, 5.41) is 9.47. The minimum atomic E-state index is -1.26. The average Bonchev–Trinajstić information content (AvgIpc) is 2.53. The minimum Gasteiger partial charge on any atom is -0.465 e. The van der Waals surface area contributed by atoms with Crippen LogP contribution in [0.3, 0.4) is 0 Å². The molecule has 1 N–H and O–H groups in total. The van der Waals surface area contributed by atoms with Gasteiger partial charge in [-0.25, -0.2) is 4.79 Å². The predicted molar refractivity (Wildman–Crippen MR) is 79.4 cm³/mol. The van der Waals surface area contributed by atoms with Crippen molar-refractivity contribution in [3.63, 3.8) is 0 Å². The fourth-order valence-corrected chi connectivity index (χ4v) is 3.01. The number of piperidine rings is 1. The Kier molecular flexibility index (Phi) is 3.38. The Labute approximate surface area is 128 Å². The third-order valence-corrected chi connectivity index (χ3v) is 4.17. The normalized spacial score (nSPS) is 23.4. The third kappa shape index (κ3) is 2.13. The molecule has 1 saturated heterocycles. The number of carbonyl (C=O) groups is 2. The van der Waals surface area contributed by atoms with E-state index >= 15 is 0 Å². The van der Waals surface area contributed by atoms with Gasteiger partial charge in [0.05, 0.1) is 6.26 Å². The monoisotopic (exact) mass is 297 g/mol. The van der Waals surface area contributed by atoms with E-state index in [1.54, 1.807) is 18.4 Å². The van der Waals surface area contributed by atoms with Crippen LogP contribution < -0.4 is 4.74 Å². The van der Waals surface area contributed by atoms with Crippen LogP contribution in [0.2, 0.25) is 0 Å². The van der Waals surface area contributed by atoms with Crippen LogP contribution >= 0.6 is 0 Å². The molecular formula is C17H15NO4. The number of fused-ring (bicyclic) bond motifs is 1. The maximum absolute atomic E-state index is 11.9. The van der Waals surface area contributed by atoms with E-state index in [4.69, 9.17) is 11.2 Å². The van der Waals surface area contributed by atoms with Gasteiger partial charge in [-0.3, -0.25) is 9.69 Å². The third-order valence-electron chi connectivity index (χ3n) is 4.17. The quantitative estimate of drug-likeness (QED) is 0.808. The molecule has 0 saturated carbocycles. The van der Waals surface area contributed by atoms with Crippen LogP contribution in [-0.4, -0.2) is 28.4 Å². The van der Waals surface area contributed by atoms with E-state index in [1.807, 2.05) is 12.1 Å². The topological polar surface area (TPSA) is 66.8 Å². The van der Waals surface area contributed by atoms with Crippen LogP contribution in [-0.2, 0) is 16.8 Å². The maximum Gasteiger partial charge on any atom is 0.408 e. The zero-order valence-corrected chi connectivity index (χ0v) is 11.9. The lowest BCUT2D eigenvalue weighted by atomic mass is 9.80. The highest BCUT2D eigenvalue weighted by Crippen LogP contribution is 2.38. The number of amides is 1. The van der Waals surface area contributed by atoms with Crippen molar-refractivity contribution >= 4 is 11.9 Å². The van der Waals surface area contributed by atoms with E-state index in [-0.39, 0.29) is 25.2 Å². The molecule has 1 amide bonds. The number of benzene rings is 1. The standard InChI is InChI=1S/C17H15NO4/c1-2-17(11-14(19)7-8-18(17)16(20)21)13-6-5-12-4-3-9-22-15(12)10-13/h1,3,5-6,9-10H,4,7-8,11H2,(H,20,21). The van der Waals surface area contributed by atoms with E-state index in [0.29, 0.717) is 11.3 Å². The fraction of sp³-hybridized carbons (Fsp3) is 0.294. The molecule has 5 heteroatoms. The predicted octanol–water partition coefficient (Wildman–Crippen LogP) is 2.31. The zero-order chi connectivity index (χ0) is 15.7. The molecule has 3 rings (SSSR count). The molecule has 0 aliphatic carbocycles. The number of ether oxygens (including phenoxy) is 1. The number of nitrogens with zero attached hydrogens (tertiary/aromatic N) is 1. The highest BCUT2D eigenvalue weighted by Gasteiger charge is 2.45. The SMILES string of the molecule is C#CC1(c2ccc3c(c2)OC=CC3)CC(=O)CCN1C(=O)O. The number of Topliss-reactive ketones (excluding diaryl/α,β-unsaturated/α-hetero) is 1. The molecule has 22 heavy (non-hydrogen) atoms. The van der Waals surface area contributed by atoms with Crippen molar-refractivity contribution in [2.75, 3.05) is 6.54 Å². The van der Waals surface area contributed by atoms with Gasteiger partial charge < -0.3 is 9.84 Å². The second-order valence-electron chi connectivity index (χ2n) is 5.42. The first kappa shape index (κ1) is 14.2. The average molecular weight is 297 g/mol. The highest BCUT2D eigenvalue weighted by atomic mass is 16.5. The van der Waals surface area contributed by atoms with E-state index in [0.717, 1.165) is 12.0 Å². The van der Waals surface area contributed by atoms with Crippen molar-refractivity contribution in [3.8, 4) is 18.1 Å². The molecule has 1 atom stereocenters. The maximum atomic E-state index is 11.9. The van der Waals surface area contributed by atoms with Gasteiger partial charge in [0.2, 0.25) is 0 Å². The second-order valence-corrected chi connectivity index (χ2v) is 5.42. The lowest BCUT2D eigenvalue weighted by molar-refractivity contribution is -0.124. The molecule has 0 radical (unpaired) electrons. The van der Waals surface area contributed by atoms with Crippen molar-refractivity contribution in [1.29, 1.82) is 0 Å². The summed E-state index contributed by atoms with van der Waals surface area (Å²) in [6.07, 6.45) is 8.98. The Hall–Kier alpha value is -2.74. The number of likely N-dealkylation sites (tertiary alicyclic amines) is 1. The number of terminal acetylenes is 1. The fourth-order valence-electron chi connectivity index (χ4n) is 3.01. The number of hydrogen-bond donors (Lipinski definition) is 1. The summed E-state index contributed by atoms with van der Waals surface area (Å²) in [5.41, 5.74) is 0.336. The summed E-state index contributed by atoms with van der Waals surface area (Å²) >= 11 is 0. The summed E-state index contributed by atoms with van der Waals surface area (Å²) < 4.78 is 5.47.